The summed E-state index contributed by atoms with van der Waals surface area (Å²) in [7, 11) is 1.94. The Bertz CT molecular complexity index is 103. The zero-order valence-electron chi connectivity index (χ0n) is 5.70. The number of amidine groups is 1. The van der Waals surface area contributed by atoms with Crippen LogP contribution in [0.25, 0.3) is 0 Å². The first-order valence-corrected chi connectivity index (χ1v) is 3.92. The highest BCUT2D eigenvalue weighted by atomic mass is 32.1. The lowest BCUT2D eigenvalue weighted by atomic mass is 10.6. The highest BCUT2D eigenvalue weighted by Crippen LogP contribution is 1.89. The molecule has 0 aromatic carbocycles. The SMILES string of the molecule is CC(=NCS)N(C)CS. The van der Waals surface area contributed by atoms with Crippen LogP contribution in [0.4, 0.5) is 0 Å². The third kappa shape index (κ3) is 3.70. The minimum absolute atomic E-state index is 0.546. The standard InChI is InChI=1S/C5H12N2S2/c1-5(6-3-8)7(2)4-9/h8-9H,3-4H2,1-2H3. The van der Waals surface area contributed by atoms with Gasteiger partial charge >= 0.3 is 0 Å². The van der Waals surface area contributed by atoms with Gasteiger partial charge in [-0.05, 0) is 6.92 Å². The average Bonchev–Trinajstić information content (AvgIpc) is 1.87. The zero-order valence-corrected chi connectivity index (χ0v) is 7.49. The van der Waals surface area contributed by atoms with Gasteiger partial charge in [0.1, 0.15) is 0 Å². The van der Waals surface area contributed by atoms with Crippen molar-refractivity contribution < 1.29 is 0 Å². The van der Waals surface area contributed by atoms with Crippen LogP contribution in [0.15, 0.2) is 4.99 Å². The molecule has 2 nitrogen and oxygen atoms in total. The van der Waals surface area contributed by atoms with Crippen molar-refractivity contribution in [2.45, 2.75) is 6.92 Å². The summed E-state index contributed by atoms with van der Waals surface area (Å²) in [5, 5.41) is 0. The van der Waals surface area contributed by atoms with Gasteiger partial charge in [0.05, 0.1) is 17.6 Å². The van der Waals surface area contributed by atoms with Crippen molar-refractivity contribution in [2.24, 2.45) is 4.99 Å². The molecule has 0 radical (unpaired) electrons. The van der Waals surface area contributed by atoms with E-state index in [1.807, 2.05) is 18.9 Å². The third-order valence-corrected chi connectivity index (χ3v) is 1.63. The molecule has 0 N–H and O–H groups in total. The molecule has 0 aromatic rings. The Morgan fingerprint density at radius 1 is 1.56 bits per heavy atom. The molecule has 0 unspecified atom stereocenters. The molecule has 0 aliphatic heterocycles. The van der Waals surface area contributed by atoms with Gasteiger partial charge in [0.15, 0.2) is 0 Å². The van der Waals surface area contributed by atoms with Crippen LogP contribution >= 0.6 is 25.3 Å². The molecular weight excluding hydrogens is 152 g/mol. The van der Waals surface area contributed by atoms with Crippen molar-refractivity contribution >= 4 is 31.1 Å². The predicted molar refractivity (Wildman–Crippen MR) is 48.6 cm³/mol. The third-order valence-electron chi connectivity index (χ3n) is 1.06. The minimum Gasteiger partial charge on any atom is -0.355 e. The van der Waals surface area contributed by atoms with Crippen LogP contribution in [0, 0.1) is 0 Å². The number of aliphatic imine (C=N–C) groups is 1. The van der Waals surface area contributed by atoms with Crippen LogP contribution in [0.5, 0.6) is 0 Å². The monoisotopic (exact) mass is 164 g/mol. The van der Waals surface area contributed by atoms with E-state index in [1.165, 1.54) is 0 Å². The van der Waals surface area contributed by atoms with Gasteiger partial charge in [0.25, 0.3) is 0 Å². The van der Waals surface area contributed by atoms with E-state index in [2.05, 4.69) is 30.2 Å². The maximum absolute atomic E-state index is 4.07. The summed E-state index contributed by atoms with van der Waals surface area (Å²) in [6.07, 6.45) is 0. The first-order valence-electron chi connectivity index (χ1n) is 2.66. The number of hydrogen-bond donors (Lipinski definition) is 2. The van der Waals surface area contributed by atoms with Crippen LogP contribution in [-0.2, 0) is 0 Å². The van der Waals surface area contributed by atoms with Crippen LogP contribution < -0.4 is 0 Å². The molecule has 54 valence electrons. The quantitative estimate of drug-likeness (QED) is 0.270. The average molecular weight is 164 g/mol. The number of nitrogens with zero attached hydrogens (tertiary/aromatic N) is 2. The first kappa shape index (κ1) is 9.17. The molecule has 0 atom stereocenters. The highest BCUT2D eigenvalue weighted by molar-refractivity contribution is 7.80. The van der Waals surface area contributed by atoms with Crippen molar-refractivity contribution in [3.8, 4) is 0 Å². The van der Waals surface area contributed by atoms with Crippen LogP contribution in [-0.4, -0.2) is 29.5 Å². The molecule has 0 aliphatic rings. The Kier molecular flexibility index (Phi) is 5.09. The molecule has 0 bridgehead atoms. The fourth-order valence-corrected chi connectivity index (χ4v) is 0.735. The molecule has 0 heterocycles. The van der Waals surface area contributed by atoms with Crippen molar-refractivity contribution in [3.63, 3.8) is 0 Å². The maximum Gasteiger partial charge on any atom is 0.0971 e. The largest absolute Gasteiger partial charge is 0.355 e. The van der Waals surface area contributed by atoms with Crippen LogP contribution in [0.2, 0.25) is 0 Å². The molecule has 0 aromatic heterocycles. The van der Waals surface area contributed by atoms with Gasteiger partial charge in [-0.25, -0.2) is 0 Å². The van der Waals surface area contributed by atoms with E-state index in [0.717, 1.165) is 5.84 Å². The predicted octanol–water partition coefficient (Wildman–Crippen LogP) is 1.11. The summed E-state index contributed by atoms with van der Waals surface area (Å²) in [6, 6.07) is 0. The second kappa shape index (κ2) is 4.99. The van der Waals surface area contributed by atoms with Crippen LogP contribution in [0.1, 0.15) is 6.92 Å². The number of hydrogen-bond acceptors (Lipinski definition) is 3. The molecule has 0 rings (SSSR count). The molecule has 0 spiro atoms. The lowest BCUT2D eigenvalue weighted by Gasteiger charge is -2.14. The number of thiol groups is 2. The van der Waals surface area contributed by atoms with Gasteiger partial charge in [-0.3, -0.25) is 4.99 Å². The van der Waals surface area contributed by atoms with Gasteiger partial charge in [-0.1, -0.05) is 0 Å². The smallest absolute Gasteiger partial charge is 0.0971 e. The fraction of sp³-hybridized carbons (Fsp3) is 0.800. The summed E-state index contributed by atoms with van der Waals surface area (Å²) < 4.78 is 0. The summed E-state index contributed by atoms with van der Waals surface area (Å²) >= 11 is 8.02. The molecule has 0 saturated heterocycles. The lowest BCUT2D eigenvalue weighted by molar-refractivity contribution is 0.596. The summed E-state index contributed by atoms with van der Waals surface area (Å²) in [6.45, 7) is 1.94. The van der Waals surface area contributed by atoms with Crippen molar-refractivity contribution in [2.75, 3.05) is 18.8 Å². The van der Waals surface area contributed by atoms with E-state index >= 15 is 0 Å². The second-order valence-electron chi connectivity index (χ2n) is 1.69. The summed E-state index contributed by atoms with van der Waals surface area (Å²) in [5.74, 6) is 2.22. The molecule has 0 aliphatic carbocycles. The van der Waals surface area contributed by atoms with Crippen molar-refractivity contribution in [1.82, 2.24) is 4.90 Å². The number of rotatable bonds is 2. The van der Waals surface area contributed by atoms with Gasteiger partial charge in [0, 0.05) is 7.05 Å². The summed E-state index contributed by atoms with van der Waals surface area (Å²) in [5.41, 5.74) is 0. The van der Waals surface area contributed by atoms with Gasteiger partial charge < -0.3 is 4.90 Å². The van der Waals surface area contributed by atoms with E-state index < -0.39 is 0 Å². The Morgan fingerprint density at radius 2 is 2.11 bits per heavy atom. The van der Waals surface area contributed by atoms with Crippen LogP contribution in [0.3, 0.4) is 0 Å². The van der Waals surface area contributed by atoms with Gasteiger partial charge in [0.2, 0.25) is 0 Å². The molecular formula is C5H12N2S2. The minimum atomic E-state index is 0.546. The molecule has 0 amide bonds. The maximum atomic E-state index is 4.07. The van der Waals surface area contributed by atoms with Gasteiger partial charge in [-0.15, -0.1) is 0 Å². The Labute approximate surface area is 67.2 Å². The fourth-order valence-electron chi connectivity index (χ4n) is 0.325. The van der Waals surface area contributed by atoms with Gasteiger partial charge in [-0.2, -0.15) is 25.3 Å². The Balaban J connectivity index is 3.70. The topological polar surface area (TPSA) is 15.6 Å². The molecule has 0 saturated carbocycles. The summed E-state index contributed by atoms with van der Waals surface area (Å²) in [4.78, 5) is 6.00. The van der Waals surface area contributed by atoms with E-state index in [1.54, 1.807) is 0 Å². The molecule has 0 fully saturated rings. The zero-order chi connectivity index (χ0) is 7.28. The van der Waals surface area contributed by atoms with E-state index in [-0.39, 0.29) is 0 Å². The second-order valence-corrected chi connectivity index (χ2v) is 2.25. The highest BCUT2D eigenvalue weighted by Gasteiger charge is 1.93. The van der Waals surface area contributed by atoms with E-state index in [0.29, 0.717) is 11.8 Å². The van der Waals surface area contributed by atoms with Crippen molar-refractivity contribution in [1.29, 1.82) is 0 Å². The van der Waals surface area contributed by atoms with Crippen molar-refractivity contribution in [3.05, 3.63) is 0 Å². The lowest BCUT2D eigenvalue weighted by Crippen LogP contribution is -2.22. The molecule has 9 heavy (non-hydrogen) atoms. The van der Waals surface area contributed by atoms with E-state index in [4.69, 9.17) is 0 Å². The first-order chi connectivity index (χ1) is 4.22. The Hall–Kier alpha value is 0.170. The van der Waals surface area contributed by atoms with E-state index in [9.17, 15) is 0 Å². The normalized spacial score (nSPS) is 11.8. The molecule has 4 heteroatoms. The Morgan fingerprint density at radius 3 is 2.44 bits per heavy atom.